The number of aliphatic hydroxyl groups excluding tert-OH is 1. The van der Waals surface area contributed by atoms with E-state index in [1.54, 1.807) is 39.2 Å². The number of amides is 5. The minimum absolute atomic E-state index is 0.000695. The van der Waals surface area contributed by atoms with E-state index >= 15 is 0 Å². The monoisotopic (exact) mass is 1080 g/mol. The predicted octanol–water partition coefficient (Wildman–Crippen LogP) is 2.36. The van der Waals surface area contributed by atoms with E-state index in [9.17, 15) is 39.0 Å². The summed E-state index contributed by atoms with van der Waals surface area (Å²) in [7, 11) is 3.12. The first kappa shape index (κ1) is 70.4. The summed E-state index contributed by atoms with van der Waals surface area (Å²) in [5.41, 5.74) is 0.873. The molecule has 75 heavy (non-hydrogen) atoms. The molecule has 2 rings (SSSR count). The van der Waals surface area contributed by atoms with Gasteiger partial charge >= 0.3 is 5.97 Å². The third-order valence-corrected chi connectivity index (χ3v) is 10.0. The number of carbonyl (C=O) groups excluding carboxylic acids is 5. The van der Waals surface area contributed by atoms with E-state index in [1.807, 2.05) is 20.8 Å². The lowest BCUT2D eigenvalue weighted by atomic mass is 10.0. The van der Waals surface area contributed by atoms with Crippen molar-refractivity contribution in [2.75, 3.05) is 138 Å². The maximum absolute atomic E-state index is 13.0. The van der Waals surface area contributed by atoms with E-state index in [1.165, 1.54) is 7.11 Å². The molecule has 4 unspecified atom stereocenters. The average molecular weight is 1080 g/mol. The molecule has 1 aliphatic rings. The molecular formula is C51H91N5O19. The largest absolute Gasteiger partial charge is 0.479 e. The fourth-order valence-corrected chi connectivity index (χ4v) is 6.21. The summed E-state index contributed by atoms with van der Waals surface area (Å²) in [6.45, 7) is 18.0. The van der Waals surface area contributed by atoms with Crippen molar-refractivity contribution in [3.05, 3.63) is 23.8 Å². The van der Waals surface area contributed by atoms with Crippen molar-refractivity contribution in [2.24, 2.45) is 5.92 Å². The lowest BCUT2D eigenvalue weighted by Crippen LogP contribution is -2.52. The van der Waals surface area contributed by atoms with Gasteiger partial charge in [0.25, 0.3) is 0 Å². The number of benzene rings is 1. The minimum atomic E-state index is -1.27. The SMILES string of the molecule is CC.CCCCNC(=O)CCC.COCCOCCOCCOCCOCCOCCOCCOCCC(=O)NCC(=O)NC(C(=O)NCC(=O)Nc1ccc(COC)cc1OC1CC(O)CC(C(=O)O)O1)C(C)C. The number of carbonyl (C=O) groups is 6. The summed E-state index contributed by atoms with van der Waals surface area (Å²) in [6, 6.07) is 3.78. The van der Waals surface area contributed by atoms with Crippen LogP contribution in [-0.2, 0) is 82.7 Å². The number of aliphatic carboxylic acids is 1. The second-order valence-corrected chi connectivity index (χ2v) is 16.7. The molecule has 0 saturated carbocycles. The van der Waals surface area contributed by atoms with E-state index in [-0.39, 0.29) is 68.9 Å². The van der Waals surface area contributed by atoms with Crippen LogP contribution >= 0.6 is 0 Å². The first-order valence-corrected chi connectivity index (χ1v) is 26.0. The van der Waals surface area contributed by atoms with Crippen LogP contribution < -0.4 is 31.3 Å². The molecule has 0 spiro atoms. The molecule has 1 aromatic carbocycles. The van der Waals surface area contributed by atoms with Crippen LogP contribution in [-0.4, -0.2) is 203 Å². The predicted molar refractivity (Wildman–Crippen MR) is 277 cm³/mol. The summed E-state index contributed by atoms with van der Waals surface area (Å²) in [6.07, 6.45) is 0.397. The van der Waals surface area contributed by atoms with Crippen molar-refractivity contribution in [1.82, 2.24) is 21.3 Å². The van der Waals surface area contributed by atoms with Gasteiger partial charge in [-0.3, -0.25) is 24.0 Å². The van der Waals surface area contributed by atoms with Crippen LogP contribution in [0.25, 0.3) is 0 Å². The van der Waals surface area contributed by atoms with Crippen LogP contribution in [0.3, 0.4) is 0 Å². The van der Waals surface area contributed by atoms with Crippen LogP contribution in [0.15, 0.2) is 18.2 Å². The Balaban J connectivity index is 0.00000406. The Morgan fingerprint density at radius 1 is 0.640 bits per heavy atom. The van der Waals surface area contributed by atoms with Crippen LogP contribution in [0.4, 0.5) is 5.69 Å². The summed E-state index contributed by atoms with van der Waals surface area (Å²) in [5, 5.41) is 32.6. The molecule has 0 radical (unpaired) electrons. The van der Waals surface area contributed by atoms with Gasteiger partial charge in [-0.05, 0) is 36.5 Å². The Kier molecular flexibility index (Phi) is 44.9. The molecule has 0 aromatic heterocycles. The highest BCUT2D eigenvalue weighted by Gasteiger charge is 2.34. The second-order valence-electron chi connectivity index (χ2n) is 16.7. The summed E-state index contributed by atoms with van der Waals surface area (Å²) >= 11 is 0. The molecular weight excluding hydrogens is 987 g/mol. The van der Waals surface area contributed by atoms with E-state index < -0.39 is 60.7 Å². The standard InChI is InChI=1S/C41H68N4O18.C8H17NO.C2H6/c1-29(2)39(40(50)43-27-36(48)44-32-6-5-30(28-54-4)23-33(32)62-38-25-31(46)24-34(63-38)41(51)52)45-37(49)26-42-35(47)7-8-55-11-12-57-15-16-59-19-20-61-22-21-60-18-17-58-14-13-56-10-9-53-3;1-3-5-7-9-8(10)6-4-2;1-2/h5-6,23,29,31,34,38-39,46H,7-22,24-28H2,1-4H3,(H,42,47)(H,43,50)(H,44,48)(H,45,49)(H,51,52);3-7H2,1-2H3,(H,9,10);1-2H3. The Labute approximate surface area is 443 Å². The highest BCUT2D eigenvalue weighted by atomic mass is 16.7. The molecule has 1 aliphatic heterocycles. The number of methoxy groups -OCH3 is 2. The van der Waals surface area contributed by atoms with Crippen LogP contribution in [0.2, 0.25) is 0 Å². The Hall–Kier alpha value is -4.60. The number of anilines is 1. The Morgan fingerprint density at radius 3 is 1.65 bits per heavy atom. The van der Waals surface area contributed by atoms with E-state index in [2.05, 4.69) is 33.5 Å². The molecule has 1 fully saturated rings. The van der Waals surface area contributed by atoms with E-state index in [0.29, 0.717) is 97.9 Å². The number of nitrogens with one attached hydrogen (secondary N) is 5. The van der Waals surface area contributed by atoms with E-state index in [4.69, 9.17) is 52.1 Å². The molecule has 24 nitrogen and oxygen atoms in total. The highest BCUT2D eigenvalue weighted by molar-refractivity contribution is 5.97. The third-order valence-electron chi connectivity index (χ3n) is 10.0. The van der Waals surface area contributed by atoms with Gasteiger partial charge in [0.05, 0.1) is 131 Å². The first-order valence-electron chi connectivity index (χ1n) is 26.0. The molecule has 7 N–H and O–H groups in total. The number of ether oxygens (including phenoxy) is 11. The molecule has 1 aromatic rings. The van der Waals surface area contributed by atoms with Gasteiger partial charge in [-0.1, -0.05) is 54.0 Å². The number of hydrogen-bond donors (Lipinski definition) is 7. The molecule has 0 bridgehead atoms. The van der Waals surface area contributed by atoms with Crippen LogP contribution in [0, 0.1) is 5.92 Å². The van der Waals surface area contributed by atoms with Crippen molar-refractivity contribution in [1.29, 1.82) is 0 Å². The van der Waals surface area contributed by atoms with Crippen LogP contribution in [0.5, 0.6) is 5.75 Å². The number of rotatable bonds is 42. The number of unbranched alkanes of at least 4 members (excludes halogenated alkanes) is 1. The van der Waals surface area contributed by atoms with Gasteiger partial charge in [-0.25, -0.2) is 4.79 Å². The summed E-state index contributed by atoms with van der Waals surface area (Å²) in [5.74, 6) is -3.57. The zero-order valence-corrected chi connectivity index (χ0v) is 45.8. The molecule has 4 atom stereocenters. The lowest BCUT2D eigenvalue weighted by Gasteiger charge is -2.31. The van der Waals surface area contributed by atoms with Gasteiger partial charge in [0.1, 0.15) is 11.8 Å². The maximum atomic E-state index is 13.0. The quantitative estimate of drug-likeness (QED) is 0.0462. The first-order chi connectivity index (χ1) is 36.2. The minimum Gasteiger partial charge on any atom is -0.479 e. The maximum Gasteiger partial charge on any atom is 0.333 e. The van der Waals surface area contributed by atoms with E-state index in [0.717, 1.165) is 25.8 Å². The normalized spacial score (nSPS) is 15.3. The zero-order valence-electron chi connectivity index (χ0n) is 45.8. The summed E-state index contributed by atoms with van der Waals surface area (Å²) < 4.78 is 59.3. The lowest BCUT2D eigenvalue weighted by molar-refractivity contribution is -0.195. The van der Waals surface area contributed by atoms with Gasteiger partial charge in [-0.15, -0.1) is 0 Å². The molecule has 0 aliphatic carbocycles. The Bertz CT molecular complexity index is 1660. The number of aliphatic hydroxyl groups is 1. The fourth-order valence-electron chi connectivity index (χ4n) is 6.21. The van der Waals surface area contributed by atoms with Gasteiger partial charge in [0, 0.05) is 46.4 Å². The highest BCUT2D eigenvalue weighted by Crippen LogP contribution is 2.31. The van der Waals surface area contributed by atoms with Crippen molar-refractivity contribution in [3.8, 4) is 5.75 Å². The van der Waals surface area contributed by atoms with Crippen molar-refractivity contribution in [3.63, 3.8) is 0 Å². The number of carboxylic acid groups (broad SMARTS) is 1. The molecule has 434 valence electrons. The Morgan fingerprint density at radius 2 is 1.16 bits per heavy atom. The van der Waals surface area contributed by atoms with Crippen molar-refractivity contribution < 1.29 is 91.1 Å². The summed E-state index contributed by atoms with van der Waals surface area (Å²) in [4.78, 5) is 73.1. The molecule has 1 saturated heterocycles. The van der Waals surface area contributed by atoms with Crippen LogP contribution in [0.1, 0.15) is 92.1 Å². The average Bonchev–Trinajstić information content (AvgIpc) is 3.38. The molecule has 1 heterocycles. The third kappa shape index (κ3) is 38.6. The molecule has 5 amide bonds. The smallest absolute Gasteiger partial charge is 0.333 e. The van der Waals surface area contributed by atoms with Gasteiger partial charge < -0.3 is 88.9 Å². The fraction of sp³-hybridized carbons (Fsp3) is 0.765. The van der Waals surface area contributed by atoms with Crippen molar-refractivity contribution >= 4 is 41.2 Å². The van der Waals surface area contributed by atoms with Gasteiger partial charge in [0.15, 0.2) is 6.10 Å². The topological polar surface area (TPSA) is 305 Å². The molecule has 24 heteroatoms. The zero-order chi connectivity index (χ0) is 55.9. The van der Waals surface area contributed by atoms with Crippen molar-refractivity contribution in [2.45, 2.75) is 118 Å². The van der Waals surface area contributed by atoms with Gasteiger partial charge in [0.2, 0.25) is 35.8 Å². The number of carboxylic acids is 1. The second kappa shape index (κ2) is 47.8. The number of hydrogen-bond acceptors (Lipinski definition) is 18. The van der Waals surface area contributed by atoms with Gasteiger partial charge in [-0.2, -0.15) is 0 Å².